The second-order valence-electron chi connectivity index (χ2n) is 5.95. The lowest BCUT2D eigenvalue weighted by Crippen LogP contribution is -2.36. The van der Waals surface area contributed by atoms with E-state index in [1.165, 1.54) is 0 Å². The van der Waals surface area contributed by atoms with Crippen molar-refractivity contribution in [1.82, 2.24) is 20.0 Å². The molecule has 2 aromatic rings. The van der Waals surface area contributed by atoms with Crippen molar-refractivity contribution in [3.8, 4) is 5.75 Å². The highest BCUT2D eigenvalue weighted by Crippen LogP contribution is 2.27. The van der Waals surface area contributed by atoms with Gasteiger partial charge in [0.25, 0.3) is 0 Å². The van der Waals surface area contributed by atoms with Crippen molar-refractivity contribution in [1.29, 1.82) is 0 Å². The number of benzene rings is 1. The molecule has 0 radical (unpaired) electrons. The molecule has 1 aromatic carbocycles. The third-order valence-electron chi connectivity index (χ3n) is 3.85. The summed E-state index contributed by atoms with van der Waals surface area (Å²) in [7, 11) is 5.34. The van der Waals surface area contributed by atoms with Gasteiger partial charge in [0.15, 0.2) is 5.69 Å². The van der Waals surface area contributed by atoms with Gasteiger partial charge < -0.3 is 15.0 Å². The Morgan fingerprint density at radius 3 is 2.42 bits per heavy atom. The van der Waals surface area contributed by atoms with Crippen molar-refractivity contribution in [2.75, 3.05) is 27.7 Å². The number of nitrogens with one attached hydrogen (secondary N) is 1. The van der Waals surface area contributed by atoms with E-state index in [4.69, 9.17) is 4.74 Å². The summed E-state index contributed by atoms with van der Waals surface area (Å²) in [4.78, 5) is 14.0. The number of nitrogens with zero attached hydrogens (tertiary/aromatic N) is 3. The standard InChI is InChI=1S/C17H21F3N4O2/c1-23(2)14(12-4-6-13(26-3)7-5-12)10-21-16(25)11-24-9-8-15(22-24)17(18,19)20/h4-9,14H,10-11H2,1-3H3,(H,21,25). The van der Waals surface area contributed by atoms with E-state index in [0.717, 1.165) is 28.3 Å². The molecule has 9 heteroatoms. The third-order valence-corrected chi connectivity index (χ3v) is 3.85. The monoisotopic (exact) mass is 370 g/mol. The summed E-state index contributed by atoms with van der Waals surface area (Å²) >= 11 is 0. The van der Waals surface area contributed by atoms with Crippen molar-refractivity contribution in [2.45, 2.75) is 18.8 Å². The number of hydrogen-bond acceptors (Lipinski definition) is 4. The maximum Gasteiger partial charge on any atom is 0.435 e. The van der Waals surface area contributed by atoms with Crippen LogP contribution in [0, 0.1) is 0 Å². The van der Waals surface area contributed by atoms with E-state index < -0.39 is 17.8 Å². The van der Waals surface area contributed by atoms with Gasteiger partial charge in [0.1, 0.15) is 12.3 Å². The number of alkyl halides is 3. The first-order valence-electron chi connectivity index (χ1n) is 7.88. The maximum absolute atomic E-state index is 12.5. The highest BCUT2D eigenvalue weighted by molar-refractivity contribution is 5.75. The second kappa shape index (κ2) is 8.22. The number of amides is 1. The van der Waals surface area contributed by atoms with E-state index in [-0.39, 0.29) is 12.6 Å². The molecular formula is C17H21F3N4O2. The first-order chi connectivity index (χ1) is 12.2. The van der Waals surface area contributed by atoms with Gasteiger partial charge in [0, 0.05) is 12.7 Å². The number of hydrogen-bond donors (Lipinski definition) is 1. The van der Waals surface area contributed by atoms with Crippen molar-refractivity contribution in [2.24, 2.45) is 0 Å². The van der Waals surface area contributed by atoms with Gasteiger partial charge in [0.05, 0.1) is 13.2 Å². The minimum absolute atomic E-state index is 0.0896. The Labute approximate surface area is 149 Å². The van der Waals surface area contributed by atoms with Crippen molar-refractivity contribution >= 4 is 5.91 Å². The number of methoxy groups -OCH3 is 1. The molecule has 26 heavy (non-hydrogen) atoms. The average Bonchev–Trinajstić information content (AvgIpc) is 3.04. The molecule has 0 saturated heterocycles. The fraction of sp³-hybridized carbons (Fsp3) is 0.412. The van der Waals surface area contributed by atoms with E-state index in [2.05, 4.69) is 10.4 Å². The first-order valence-corrected chi connectivity index (χ1v) is 7.88. The van der Waals surface area contributed by atoms with E-state index >= 15 is 0 Å². The average molecular weight is 370 g/mol. The molecule has 1 atom stereocenters. The molecule has 0 saturated carbocycles. The maximum atomic E-state index is 12.5. The smallest absolute Gasteiger partial charge is 0.435 e. The number of likely N-dealkylation sites (N-methyl/N-ethyl adjacent to an activating group) is 1. The highest BCUT2D eigenvalue weighted by Gasteiger charge is 2.33. The Hall–Kier alpha value is -2.55. The second-order valence-corrected chi connectivity index (χ2v) is 5.95. The van der Waals surface area contributed by atoms with Crippen molar-refractivity contribution in [3.63, 3.8) is 0 Å². The lowest BCUT2D eigenvalue weighted by Gasteiger charge is -2.25. The molecule has 0 spiro atoms. The number of carbonyl (C=O) groups excluding carboxylic acids is 1. The number of aromatic nitrogens is 2. The van der Waals surface area contributed by atoms with Crippen LogP contribution in [0.5, 0.6) is 5.75 Å². The molecule has 1 aromatic heterocycles. The van der Waals surface area contributed by atoms with E-state index in [0.29, 0.717) is 6.54 Å². The normalized spacial score (nSPS) is 12.9. The molecular weight excluding hydrogens is 349 g/mol. The zero-order valence-corrected chi connectivity index (χ0v) is 14.7. The largest absolute Gasteiger partial charge is 0.497 e. The van der Waals surface area contributed by atoms with Crippen LogP contribution in [-0.2, 0) is 17.5 Å². The summed E-state index contributed by atoms with van der Waals surface area (Å²) in [6, 6.07) is 8.21. The van der Waals surface area contributed by atoms with Gasteiger partial charge in [-0.05, 0) is 37.9 Å². The fourth-order valence-corrected chi connectivity index (χ4v) is 2.44. The molecule has 6 nitrogen and oxygen atoms in total. The van der Waals surface area contributed by atoms with Gasteiger partial charge >= 0.3 is 6.18 Å². The van der Waals surface area contributed by atoms with Gasteiger partial charge in [-0.15, -0.1) is 0 Å². The minimum Gasteiger partial charge on any atom is -0.497 e. The molecule has 1 heterocycles. The summed E-state index contributed by atoms with van der Waals surface area (Å²) < 4.78 is 43.7. The fourth-order valence-electron chi connectivity index (χ4n) is 2.44. The molecule has 0 fully saturated rings. The molecule has 1 unspecified atom stereocenters. The van der Waals surface area contributed by atoms with Crippen LogP contribution in [0.1, 0.15) is 17.3 Å². The molecule has 0 aliphatic carbocycles. The predicted octanol–water partition coefficient (Wildman–Crippen LogP) is 2.33. The Kier molecular flexibility index (Phi) is 6.25. The summed E-state index contributed by atoms with van der Waals surface area (Å²) in [6.07, 6.45) is -3.39. The predicted molar refractivity (Wildman–Crippen MR) is 89.7 cm³/mol. The number of carbonyl (C=O) groups is 1. The molecule has 2 rings (SSSR count). The zero-order chi connectivity index (χ0) is 19.3. The van der Waals surface area contributed by atoms with Crippen LogP contribution in [-0.4, -0.2) is 48.3 Å². The molecule has 1 amide bonds. The van der Waals surface area contributed by atoms with Gasteiger partial charge in [-0.25, -0.2) is 0 Å². The highest BCUT2D eigenvalue weighted by atomic mass is 19.4. The Morgan fingerprint density at radius 2 is 1.92 bits per heavy atom. The molecule has 0 aliphatic heterocycles. The summed E-state index contributed by atoms with van der Waals surface area (Å²) in [5.41, 5.74) is -0.0377. The number of ether oxygens (including phenoxy) is 1. The summed E-state index contributed by atoms with van der Waals surface area (Å²) in [5.74, 6) is 0.316. The Morgan fingerprint density at radius 1 is 1.27 bits per heavy atom. The van der Waals surface area contributed by atoms with Gasteiger partial charge in [-0.3, -0.25) is 9.48 Å². The van der Waals surface area contributed by atoms with Crippen LogP contribution in [0.4, 0.5) is 13.2 Å². The molecule has 0 bridgehead atoms. The molecule has 1 N–H and O–H groups in total. The lowest BCUT2D eigenvalue weighted by molar-refractivity contribution is -0.141. The van der Waals surface area contributed by atoms with Gasteiger partial charge in [-0.2, -0.15) is 18.3 Å². The Bertz CT molecular complexity index is 726. The van der Waals surface area contributed by atoms with Crippen LogP contribution >= 0.6 is 0 Å². The van der Waals surface area contributed by atoms with Gasteiger partial charge in [0.2, 0.25) is 5.91 Å². The third kappa shape index (κ3) is 5.22. The van der Waals surface area contributed by atoms with Crippen molar-refractivity contribution < 1.29 is 22.7 Å². The van der Waals surface area contributed by atoms with Crippen LogP contribution < -0.4 is 10.1 Å². The topological polar surface area (TPSA) is 59.4 Å². The van der Waals surface area contributed by atoms with Gasteiger partial charge in [-0.1, -0.05) is 12.1 Å². The minimum atomic E-state index is -4.52. The summed E-state index contributed by atoms with van der Waals surface area (Å²) in [5, 5.41) is 6.10. The van der Waals surface area contributed by atoms with Crippen LogP contribution in [0.15, 0.2) is 36.5 Å². The SMILES string of the molecule is COc1ccc(C(CNC(=O)Cn2ccc(C(F)(F)F)n2)N(C)C)cc1. The quantitative estimate of drug-likeness (QED) is 0.813. The Balaban J connectivity index is 1.95. The van der Waals surface area contributed by atoms with Crippen LogP contribution in [0.25, 0.3) is 0 Å². The van der Waals surface area contributed by atoms with Crippen LogP contribution in [0.3, 0.4) is 0 Å². The number of halogens is 3. The number of rotatable bonds is 7. The van der Waals surface area contributed by atoms with Crippen LogP contribution in [0.2, 0.25) is 0 Å². The van der Waals surface area contributed by atoms with E-state index in [1.807, 2.05) is 43.3 Å². The zero-order valence-electron chi connectivity index (χ0n) is 14.7. The summed E-state index contributed by atoms with van der Waals surface area (Å²) in [6.45, 7) is 0.0321. The van der Waals surface area contributed by atoms with E-state index in [9.17, 15) is 18.0 Å². The first kappa shape index (κ1) is 19.8. The molecule has 142 valence electrons. The lowest BCUT2D eigenvalue weighted by atomic mass is 10.1. The van der Waals surface area contributed by atoms with Crippen molar-refractivity contribution in [3.05, 3.63) is 47.8 Å². The van der Waals surface area contributed by atoms with E-state index in [1.54, 1.807) is 7.11 Å². The molecule has 0 aliphatic rings.